The maximum atomic E-state index is 12.8. The number of hydrogen-bond donors (Lipinski definition) is 2. The molecular formula is C25H29N3O4. The fourth-order valence-electron chi connectivity index (χ4n) is 4.32. The van der Waals surface area contributed by atoms with E-state index in [1.54, 1.807) is 11.1 Å². The third kappa shape index (κ3) is 4.93. The van der Waals surface area contributed by atoms with Crippen molar-refractivity contribution in [3.8, 4) is 5.75 Å². The molecule has 2 aliphatic rings. The summed E-state index contributed by atoms with van der Waals surface area (Å²) in [5, 5.41) is 2.91. The minimum absolute atomic E-state index is 0.0496. The van der Waals surface area contributed by atoms with Gasteiger partial charge in [0.2, 0.25) is 0 Å². The Labute approximate surface area is 187 Å². The summed E-state index contributed by atoms with van der Waals surface area (Å²) >= 11 is 0. The number of pyridine rings is 1. The summed E-state index contributed by atoms with van der Waals surface area (Å²) < 4.78 is 5.69. The van der Waals surface area contributed by atoms with E-state index in [9.17, 15) is 14.4 Å². The third-order valence-electron chi connectivity index (χ3n) is 6.17. The predicted octanol–water partition coefficient (Wildman–Crippen LogP) is 2.88. The van der Waals surface area contributed by atoms with Gasteiger partial charge in [0.05, 0.1) is 0 Å². The molecule has 4 rings (SSSR count). The first kappa shape index (κ1) is 21.9. The van der Waals surface area contributed by atoms with E-state index in [1.807, 2.05) is 31.2 Å². The number of benzene rings is 1. The molecule has 2 heterocycles. The van der Waals surface area contributed by atoms with E-state index in [-0.39, 0.29) is 29.5 Å². The largest absolute Gasteiger partial charge is 0.484 e. The molecule has 0 atom stereocenters. The van der Waals surface area contributed by atoms with Gasteiger partial charge in [0.15, 0.2) is 6.61 Å². The molecule has 1 aromatic heterocycles. The molecule has 2 N–H and O–H groups in total. The third-order valence-corrected chi connectivity index (χ3v) is 6.17. The molecule has 0 radical (unpaired) electrons. The monoisotopic (exact) mass is 435 g/mol. The van der Waals surface area contributed by atoms with Crippen LogP contribution in [0.3, 0.4) is 0 Å². The summed E-state index contributed by atoms with van der Waals surface area (Å²) in [7, 11) is 0. The Morgan fingerprint density at radius 3 is 2.81 bits per heavy atom. The van der Waals surface area contributed by atoms with Crippen molar-refractivity contribution in [2.45, 2.75) is 45.6 Å². The van der Waals surface area contributed by atoms with Crippen molar-refractivity contribution in [3.63, 3.8) is 0 Å². The molecule has 1 aliphatic carbocycles. The van der Waals surface area contributed by atoms with E-state index < -0.39 is 0 Å². The van der Waals surface area contributed by atoms with E-state index in [4.69, 9.17) is 4.74 Å². The molecule has 0 spiro atoms. The molecule has 0 saturated carbocycles. The van der Waals surface area contributed by atoms with Crippen LogP contribution in [-0.4, -0.2) is 41.4 Å². The van der Waals surface area contributed by atoms with E-state index in [0.29, 0.717) is 31.8 Å². The van der Waals surface area contributed by atoms with Gasteiger partial charge in [-0.2, -0.15) is 0 Å². The number of nitrogens with zero attached hydrogens (tertiary/aromatic N) is 1. The van der Waals surface area contributed by atoms with Crippen molar-refractivity contribution < 1.29 is 14.3 Å². The number of nitrogens with one attached hydrogen (secondary N) is 2. The van der Waals surface area contributed by atoms with Crippen LogP contribution in [0.15, 0.2) is 46.9 Å². The minimum Gasteiger partial charge on any atom is -0.484 e. The molecule has 0 unspecified atom stereocenters. The number of allylic oxidation sites excluding steroid dienone is 1. The fraction of sp³-hybridized carbons (Fsp3) is 0.400. The first-order chi connectivity index (χ1) is 15.5. The van der Waals surface area contributed by atoms with Crippen LogP contribution in [0.5, 0.6) is 5.75 Å². The van der Waals surface area contributed by atoms with Crippen molar-refractivity contribution in [2.24, 2.45) is 0 Å². The topological polar surface area (TPSA) is 91.5 Å². The van der Waals surface area contributed by atoms with Gasteiger partial charge in [-0.15, -0.1) is 0 Å². The van der Waals surface area contributed by atoms with Crippen molar-refractivity contribution >= 4 is 11.8 Å². The molecule has 168 valence electrons. The Morgan fingerprint density at radius 1 is 1.19 bits per heavy atom. The van der Waals surface area contributed by atoms with Crippen LogP contribution in [0.25, 0.3) is 0 Å². The summed E-state index contributed by atoms with van der Waals surface area (Å²) in [4.78, 5) is 42.4. The van der Waals surface area contributed by atoms with E-state index in [1.165, 1.54) is 12.0 Å². The molecule has 2 amide bonds. The average Bonchev–Trinajstić information content (AvgIpc) is 2.82. The quantitative estimate of drug-likeness (QED) is 0.683. The predicted molar refractivity (Wildman–Crippen MR) is 122 cm³/mol. The molecule has 7 nitrogen and oxygen atoms in total. The van der Waals surface area contributed by atoms with Crippen LogP contribution in [0.1, 0.15) is 52.7 Å². The van der Waals surface area contributed by atoms with Gasteiger partial charge in [-0.05, 0) is 61.8 Å². The lowest BCUT2D eigenvalue weighted by Gasteiger charge is -2.29. The maximum Gasteiger partial charge on any atom is 0.261 e. The van der Waals surface area contributed by atoms with Gasteiger partial charge in [-0.3, -0.25) is 14.4 Å². The summed E-state index contributed by atoms with van der Waals surface area (Å²) in [6.45, 7) is 3.14. The highest BCUT2D eigenvalue weighted by molar-refractivity contribution is 5.96. The first-order valence-corrected chi connectivity index (χ1v) is 11.2. The number of aryl methyl sites for hydroxylation is 1. The fourth-order valence-corrected chi connectivity index (χ4v) is 4.32. The summed E-state index contributed by atoms with van der Waals surface area (Å²) in [5.74, 6) is 0.215. The summed E-state index contributed by atoms with van der Waals surface area (Å²) in [6.07, 6.45) is 8.61. The Balaban J connectivity index is 1.42. The Bertz CT molecular complexity index is 1100. The Kier molecular flexibility index (Phi) is 6.73. The normalized spacial score (nSPS) is 15.5. The number of amides is 2. The number of H-pyrrole nitrogens is 1. The zero-order valence-electron chi connectivity index (χ0n) is 18.4. The molecular weight excluding hydrogens is 406 g/mol. The number of para-hydroxylation sites is 1. The van der Waals surface area contributed by atoms with E-state index in [2.05, 4.69) is 16.4 Å². The molecule has 2 aromatic rings. The highest BCUT2D eigenvalue weighted by Crippen LogP contribution is 2.22. The zero-order chi connectivity index (χ0) is 22.5. The first-order valence-electron chi connectivity index (χ1n) is 11.2. The van der Waals surface area contributed by atoms with E-state index >= 15 is 0 Å². The molecule has 32 heavy (non-hydrogen) atoms. The van der Waals surface area contributed by atoms with Crippen molar-refractivity contribution in [1.29, 1.82) is 0 Å². The van der Waals surface area contributed by atoms with Crippen molar-refractivity contribution in [1.82, 2.24) is 15.2 Å². The smallest absolute Gasteiger partial charge is 0.261 e. The number of hydrogen-bond acceptors (Lipinski definition) is 4. The molecule has 1 aromatic carbocycles. The number of ether oxygens (including phenoxy) is 1. The molecule has 1 aliphatic heterocycles. The van der Waals surface area contributed by atoms with Gasteiger partial charge in [-0.1, -0.05) is 29.8 Å². The van der Waals surface area contributed by atoms with Gasteiger partial charge < -0.3 is 19.9 Å². The highest BCUT2D eigenvalue weighted by atomic mass is 16.5. The maximum absolute atomic E-state index is 12.8. The molecule has 0 saturated heterocycles. The van der Waals surface area contributed by atoms with Gasteiger partial charge in [-0.25, -0.2) is 0 Å². The molecule has 0 fully saturated rings. The number of carbonyl (C=O) groups is 2. The molecule has 7 heteroatoms. The van der Waals surface area contributed by atoms with Gasteiger partial charge in [0.25, 0.3) is 17.4 Å². The van der Waals surface area contributed by atoms with Gasteiger partial charge in [0, 0.05) is 25.8 Å². The summed E-state index contributed by atoms with van der Waals surface area (Å²) in [5.41, 5.74) is 3.50. The highest BCUT2D eigenvalue weighted by Gasteiger charge is 2.27. The zero-order valence-corrected chi connectivity index (χ0v) is 18.4. The minimum atomic E-state index is -0.387. The lowest BCUT2D eigenvalue weighted by molar-refractivity contribution is -0.134. The number of rotatable bonds is 6. The Morgan fingerprint density at radius 2 is 2.03 bits per heavy atom. The van der Waals surface area contributed by atoms with Crippen molar-refractivity contribution in [2.75, 3.05) is 19.7 Å². The number of carbonyl (C=O) groups excluding carboxylic acids is 2. The second-order valence-electron chi connectivity index (χ2n) is 8.41. The van der Waals surface area contributed by atoms with Crippen LogP contribution in [0, 0.1) is 6.92 Å². The van der Waals surface area contributed by atoms with Crippen LogP contribution >= 0.6 is 0 Å². The SMILES string of the molecule is Cc1ccccc1OCC(=O)N1CCc2c(c[nH]c(=O)c2C(=O)NCC2=CCCCC2)C1. The second-order valence-corrected chi connectivity index (χ2v) is 8.41. The van der Waals surface area contributed by atoms with Crippen LogP contribution < -0.4 is 15.6 Å². The number of fused-ring (bicyclic) bond motifs is 1. The average molecular weight is 436 g/mol. The lowest BCUT2D eigenvalue weighted by Crippen LogP contribution is -2.41. The standard InChI is InChI=1S/C25H29N3O4/c1-17-7-5-6-10-21(17)32-16-22(29)28-12-11-20-19(15-28)14-27-25(31)23(20)24(30)26-13-18-8-3-2-4-9-18/h5-8,10,14H,2-4,9,11-13,15-16H2,1H3,(H,26,30)(H,27,31). The number of aromatic nitrogens is 1. The van der Waals surface area contributed by atoms with E-state index in [0.717, 1.165) is 36.0 Å². The van der Waals surface area contributed by atoms with Crippen LogP contribution in [0.4, 0.5) is 0 Å². The lowest BCUT2D eigenvalue weighted by atomic mass is 9.96. The van der Waals surface area contributed by atoms with Crippen LogP contribution in [-0.2, 0) is 17.8 Å². The van der Waals surface area contributed by atoms with Crippen LogP contribution in [0.2, 0.25) is 0 Å². The second kappa shape index (κ2) is 9.85. The van der Waals surface area contributed by atoms with Crippen molar-refractivity contribution in [3.05, 3.63) is 74.7 Å². The Hall–Kier alpha value is -3.35. The van der Waals surface area contributed by atoms with Gasteiger partial charge in [0.1, 0.15) is 11.3 Å². The summed E-state index contributed by atoms with van der Waals surface area (Å²) in [6, 6.07) is 7.57. The van der Waals surface area contributed by atoms with Gasteiger partial charge >= 0.3 is 0 Å². The molecule has 0 bridgehead atoms. The number of aromatic amines is 1.